The minimum absolute atomic E-state index is 0. The van der Waals surface area contributed by atoms with Crippen LogP contribution in [-0.4, -0.2) is 29.6 Å². The molecule has 2 aromatic rings. The van der Waals surface area contributed by atoms with Crippen LogP contribution in [0.25, 0.3) is 11.1 Å². The summed E-state index contributed by atoms with van der Waals surface area (Å²) < 4.78 is 52.4. The molecular weight excluding hydrogens is 386 g/mol. The molecule has 9 heteroatoms. The summed E-state index contributed by atoms with van der Waals surface area (Å²) in [5, 5.41) is 5.41. The first-order valence-electron chi connectivity index (χ1n) is 8.12. The van der Waals surface area contributed by atoms with E-state index in [9.17, 15) is 22.4 Å². The van der Waals surface area contributed by atoms with Crippen molar-refractivity contribution in [3.8, 4) is 11.1 Å². The maximum absolute atomic E-state index is 14.1. The Morgan fingerprint density at radius 2 is 2.00 bits per heavy atom. The number of amides is 1. The van der Waals surface area contributed by atoms with Crippen LogP contribution in [0.4, 0.5) is 17.6 Å². The molecule has 27 heavy (non-hydrogen) atoms. The van der Waals surface area contributed by atoms with Crippen LogP contribution in [-0.2, 0) is 11.3 Å². The number of nitrogens with one attached hydrogen (secondary N) is 2. The molecule has 0 radical (unpaired) electrons. The molecule has 1 aromatic heterocycles. The molecule has 0 aliphatic carbocycles. The highest BCUT2D eigenvalue weighted by atomic mass is 35.5. The molecular formula is C18H18ClF4N3O. The van der Waals surface area contributed by atoms with E-state index in [4.69, 9.17) is 0 Å². The monoisotopic (exact) mass is 403 g/mol. The Hall–Kier alpha value is -2.19. The maximum atomic E-state index is 14.1. The fourth-order valence-corrected chi connectivity index (χ4v) is 2.80. The van der Waals surface area contributed by atoms with Crippen LogP contribution >= 0.6 is 12.4 Å². The lowest BCUT2D eigenvalue weighted by molar-refractivity contribution is -0.123. The van der Waals surface area contributed by atoms with E-state index in [1.54, 1.807) is 0 Å². The van der Waals surface area contributed by atoms with Gasteiger partial charge in [0.1, 0.15) is 12.0 Å². The summed E-state index contributed by atoms with van der Waals surface area (Å²) in [4.78, 5) is 15.9. The Morgan fingerprint density at radius 1 is 1.30 bits per heavy atom. The Kier molecular flexibility index (Phi) is 7.15. The number of carbonyl (C=O) groups is 1. The van der Waals surface area contributed by atoms with Gasteiger partial charge in [-0.15, -0.1) is 12.4 Å². The third kappa shape index (κ3) is 5.17. The Morgan fingerprint density at radius 3 is 2.59 bits per heavy atom. The number of hydrogen-bond acceptors (Lipinski definition) is 3. The maximum Gasteiger partial charge on any atom is 0.263 e. The first-order valence-corrected chi connectivity index (χ1v) is 8.12. The molecule has 2 heterocycles. The van der Waals surface area contributed by atoms with Crippen molar-refractivity contribution >= 4 is 18.3 Å². The third-order valence-electron chi connectivity index (χ3n) is 4.22. The SMILES string of the molecule is Cl.O=C(NCc1cc(-c2ccc(C(F)F)cc2)c(F)cn1)[C@@H]1C[C@@H](F)CN1. The van der Waals surface area contributed by atoms with Crippen molar-refractivity contribution in [2.24, 2.45) is 0 Å². The first kappa shape index (κ1) is 21.1. The zero-order valence-electron chi connectivity index (χ0n) is 14.1. The molecule has 0 bridgehead atoms. The molecule has 1 saturated heterocycles. The predicted octanol–water partition coefficient (Wildman–Crippen LogP) is 3.56. The quantitative estimate of drug-likeness (QED) is 0.750. The van der Waals surface area contributed by atoms with Crippen molar-refractivity contribution in [3.63, 3.8) is 0 Å². The molecule has 1 fully saturated rings. The van der Waals surface area contributed by atoms with E-state index in [-0.39, 0.29) is 49.0 Å². The van der Waals surface area contributed by atoms with Gasteiger partial charge in [-0.2, -0.15) is 0 Å². The zero-order valence-corrected chi connectivity index (χ0v) is 14.9. The van der Waals surface area contributed by atoms with Gasteiger partial charge in [-0.05, 0) is 11.6 Å². The molecule has 0 spiro atoms. The van der Waals surface area contributed by atoms with Crippen LogP contribution in [0.5, 0.6) is 0 Å². The molecule has 3 rings (SSSR count). The summed E-state index contributed by atoms with van der Waals surface area (Å²) in [7, 11) is 0. The van der Waals surface area contributed by atoms with Crippen molar-refractivity contribution < 1.29 is 22.4 Å². The fraction of sp³-hybridized carbons (Fsp3) is 0.333. The summed E-state index contributed by atoms with van der Waals surface area (Å²) >= 11 is 0. The molecule has 2 atom stereocenters. The van der Waals surface area contributed by atoms with Crippen LogP contribution in [0.15, 0.2) is 36.5 Å². The van der Waals surface area contributed by atoms with Gasteiger partial charge >= 0.3 is 0 Å². The van der Waals surface area contributed by atoms with Crippen LogP contribution in [0.3, 0.4) is 0 Å². The van der Waals surface area contributed by atoms with Crippen LogP contribution < -0.4 is 10.6 Å². The van der Waals surface area contributed by atoms with E-state index >= 15 is 0 Å². The standard InChI is InChI=1S/C18H17F4N3O.ClH/c19-12-5-16(24-7-12)18(26)25-8-13-6-14(15(20)9-23-13)10-1-3-11(4-2-10)17(21)22;/h1-4,6,9,12,16-17,24H,5,7-8H2,(H,25,26);1H/t12-,16+;/m1./s1. The van der Waals surface area contributed by atoms with Gasteiger partial charge in [0.15, 0.2) is 0 Å². The van der Waals surface area contributed by atoms with Crippen molar-refractivity contribution in [3.05, 3.63) is 53.6 Å². The lowest BCUT2D eigenvalue weighted by atomic mass is 10.0. The minimum atomic E-state index is -2.59. The Labute approximate surface area is 159 Å². The summed E-state index contributed by atoms with van der Waals surface area (Å²) in [5.41, 5.74) is 0.890. The second kappa shape index (κ2) is 9.14. The van der Waals surface area contributed by atoms with Crippen LogP contribution in [0, 0.1) is 5.82 Å². The third-order valence-corrected chi connectivity index (χ3v) is 4.22. The van der Waals surface area contributed by atoms with Gasteiger partial charge in [0, 0.05) is 24.1 Å². The summed E-state index contributed by atoms with van der Waals surface area (Å²) in [6, 6.07) is 6.15. The van der Waals surface area contributed by atoms with E-state index < -0.39 is 24.5 Å². The molecule has 0 unspecified atom stereocenters. The van der Waals surface area contributed by atoms with Gasteiger partial charge in [0.05, 0.1) is 24.5 Å². The van der Waals surface area contributed by atoms with Gasteiger partial charge < -0.3 is 10.6 Å². The first-order chi connectivity index (χ1) is 12.4. The molecule has 4 nitrogen and oxygen atoms in total. The number of carbonyl (C=O) groups excluding carboxylic acids is 1. The van der Waals surface area contributed by atoms with E-state index in [1.807, 2.05) is 0 Å². The predicted molar refractivity (Wildman–Crippen MR) is 95.0 cm³/mol. The number of aromatic nitrogens is 1. The number of hydrogen-bond donors (Lipinski definition) is 2. The zero-order chi connectivity index (χ0) is 18.7. The van der Waals surface area contributed by atoms with Gasteiger partial charge in [-0.25, -0.2) is 17.6 Å². The fourth-order valence-electron chi connectivity index (χ4n) is 2.80. The summed E-state index contributed by atoms with van der Waals surface area (Å²) in [6.07, 6.45) is -2.50. The molecule has 1 aromatic carbocycles. The minimum Gasteiger partial charge on any atom is -0.349 e. The van der Waals surface area contributed by atoms with Gasteiger partial charge in [-0.1, -0.05) is 24.3 Å². The molecule has 1 aliphatic rings. The highest BCUT2D eigenvalue weighted by Gasteiger charge is 2.28. The van der Waals surface area contributed by atoms with E-state index in [2.05, 4.69) is 15.6 Å². The van der Waals surface area contributed by atoms with Crippen molar-refractivity contribution in [2.75, 3.05) is 6.54 Å². The number of rotatable bonds is 5. The average molecular weight is 404 g/mol. The van der Waals surface area contributed by atoms with Crippen LogP contribution in [0.2, 0.25) is 0 Å². The second-order valence-electron chi connectivity index (χ2n) is 6.09. The van der Waals surface area contributed by atoms with E-state index in [1.165, 1.54) is 30.3 Å². The molecule has 146 valence electrons. The number of halogens is 5. The van der Waals surface area contributed by atoms with Crippen molar-refractivity contribution in [1.82, 2.24) is 15.6 Å². The largest absolute Gasteiger partial charge is 0.349 e. The van der Waals surface area contributed by atoms with Gasteiger partial charge in [-0.3, -0.25) is 9.78 Å². The van der Waals surface area contributed by atoms with Gasteiger partial charge in [0.2, 0.25) is 5.91 Å². The lowest BCUT2D eigenvalue weighted by Crippen LogP contribution is -2.40. The van der Waals surface area contributed by atoms with Crippen LogP contribution in [0.1, 0.15) is 24.1 Å². The van der Waals surface area contributed by atoms with Crippen molar-refractivity contribution in [1.29, 1.82) is 0 Å². The number of nitrogens with zero attached hydrogens (tertiary/aromatic N) is 1. The Balaban J connectivity index is 0.00000261. The normalized spacial score (nSPS) is 19.0. The number of alkyl halides is 3. The number of benzene rings is 1. The topological polar surface area (TPSA) is 54.0 Å². The highest BCUT2D eigenvalue weighted by Crippen LogP contribution is 2.26. The molecule has 1 amide bonds. The smallest absolute Gasteiger partial charge is 0.263 e. The lowest BCUT2D eigenvalue weighted by Gasteiger charge is -2.12. The van der Waals surface area contributed by atoms with Gasteiger partial charge in [0.25, 0.3) is 6.43 Å². The van der Waals surface area contributed by atoms with E-state index in [0.29, 0.717) is 11.3 Å². The van der Waals surface area contributed by atoms with Crippen molar-refractivity contribution in [2.45, 2.75) is 31.6 Å². The second-order valence-corrected chi connectivity index (χ2v) is 6.09. The molecule has 0 saturated carbocycles. The average Bonchev–Trinajstić information content (AvgIpc) is 3.07. The Bertz CT molecular complexity index is 789. The summed E-state index contributed by atoms with van der Waals surface area (Å²) in [6.45, 7) is 0.196. The molecule has 2 N–H and O–H groups in total. The highest BCUT2D eigenvalue weighted by molar-refractivity contribution is 5.85. The number of pyridine rings is 1. The van der Waals surface area contributed by atoms with E-state index in [0.717, 1.165) is 6.20 Å². The summed E-state index contributed by atoms with van der Waals surface area (Å²) in [5.74, 6) is -0.943. The molecule has 1 aliphatic heterocycles.